The van der Waals surface area contributed by atoms with Gasteiger partial charge in [0.15, 0.2) is 0 Å². The van der Waals surface area contributed by atoms with E-state index in [1.54, 1.807) is 0 Å². The van der Waals surface area contributed by atoms with Gasteiger partial charge in [-0.2, -0.15) is 0 Å². The fourth-order valence-corrected chi connectivity index (χ4v) is 3.07. The number of rotatable bonds is 5. The Morgan fingerprint density at radius 2 is 2.38 bits per heavy atom. The minimum atomic E-state index is -0.146. The van der Waals surface area contributed by atoms with Gasteiger partial charge in [-0.15, -0.1) is 0 Å². The van der Waals surface area contributed by atoms with Gasteiger partial charge in [0.05, 0.1) is 12.1 Å². The van der Waals surface area contributed by atoms with Crippen LogP contribution in [-0.2, 0) is 9.53 Å². The van der Waals surface area contributed by atoms with Crippen molar-refractivity contribution in [2.45, 2.75) is 38.8 Å². The van der Waals surface area contributed by atoms with Crippen LogP contribution in [0.15, 0.2) is 28.7 Å². The van der Waals surface area contributed by atoms with Crippen LogP contribution >= 0.6 is 15.9 Å². The molecule has 0 aliphatic carbocycles. The fourth-order valence-electron chi connectivity index (χ4n) is 2.67. The summed E-state index contributed by atoms with van der Waals surface area (Å²) in [4.78, 5) is 14.6. The van der Waals surface area contributed by atoms with Crippen molar-refractivity contribution in [1.82, 2.24) is 4.90 Å². The van der Waals surface area contributed by atoms with Crippen LogP contribution in [0.2, 0.25) is 0 Å². The number of amides is 1. The standard InChI is InChI=1S/C16H23BrN2O2/c1-3-21-15-8-5-9-19(11-15)12(2)16(20)18-14-7-4-6-13(17)10-14/h4,6-7,10,12,15H,3,5,8-9,11H2,1-2H3,(H,18,20). The predicted octanol–water partition coefficient (Wildman–Crippen LogP) is 3.28. The average Bonchev–Trinajstić information content (AvgIpc) is 2.47. The summed E-state index contributed by atoms with van der Waals surface area (Å²) in [5, 5.41) is 2.98. The van der Waals surface area contributed by atoms with Gasteiger partial charge in [0.2, 0.25) is 5.91 Å². The third-order valence-corrected chi connectivity index (χ3v) is 4.32. The molecule has 0 bridgehead atoms. The number of piperidine rings is 1. The van der Waals surface area contributed by atoms with Crippen LogP contribution < -0.4 is 5.32 Å². The van der Waals surface area contributed by atoms with Crippen LogP contribution in [0.5, 0.6) is 0 Å². The molecule has 0 spiro atoms. The molecular weight excluding hydrogens is 332 g/mol. The van der Waals surface area contributed by atoms with Crippen molar-refractivity contribution in [3.8, 4) is 0 Å². The number of hydrogen-bond acceptors (Lipinski definition) is 3. The summed E-state index contributed by atoms with van der Waals surface area (Å²) in [7, 11) is 0. The number of carbonyl (C=O) groups is 1. The quantitative estimate of drug-likeness (QED) is 0.881. The second-order valence-electron chi connectivity index (χ2n) is 5.39. The van der Waals surface area contributed by atoms with E-state index in [0.29, 0.717) is 0 Å². The first kappa shape index (κ1) is 16.5. The van der Waals surface area contributed by atoms with E-state index in [-0.39, 0.29) is 18.1 Å². The molecular formula is C16H23BrN2O2. The highest BCUT2D eigenvalue weighted by atomic mass is 79.9. The van der Waals surface area contributed by atoms with Gasteiger partial charge >= 0.3 is 0 Å². The zero-order chi connectivity index (χ0) is 15.2. The Kier molecular flexibility index (Phi) is 6.21. The van der Waals surface area contributed by atoms with Gasteiger partial charge in [-0.1, -0.05) is 22.0 Å². The number of likely N-dealkylation sites (tertiary alicyclic amines) is 1. The van der Waals surface area contributed by atoms with Gasteiger partial charge in [0.1, 0.15) is 0 Å². The molecule has 1 fully saturated rings. The van der Waals surface area contributed by atoms with Gasteiger partial charge in [0, 0.05) is 23.3 Å². The smallest absolute Gasteiger partial charge is 0.241 e. The molecule has 1 amide bonds. The zero-order valence-electron chi connectivity index (χ0n) is 12.6. The summed E-state index contributed by atoms with van der Waals surface area (Å²) in [6, 6.07) is 7.51. The molecule has 5 heteroatoms. The number of halogens is 1. The predicted molar refractivity (Wildman–Crippen MR) is 88.5 cm³/mol. The SMILES string of the molecule is CCOC1CCCN(C(C)C(=O)Nc2cccc(Br)c2)C1. The molecule has 116 valence electrons. The van der Waals surface area contributed by atoms with Crippen LogP contribution in [-0.4, -0.2) is 42.6 Å². The molecule has 0 radical (unpaired) electrons. The van der Waals surface area contributed by atoms with Crippen LogP contribution in [0, 0.1) is 0 Å². The Morgan fingerprint density at radius 3 is 3.10 bits per heavy atom. The highest BCUT2D eigenvalue weighted by molar-refractivity contribution is 9.10. The lowest BCUT2D eigenvalue weighted by Crippen LogP contribution is -2.49. The number of nitrogens with one attached hydrogen (secondary N) is 1. The maximum Gasteiger partial charge on any atom is 0.241 e. The van der Waals surface area contributed by atoms with Crippen molar-refractivity contribution in [2.24, 2.45) is 0 Å². The Labute approximate surface area is 135 Å². The fraction of sp³-hybridized carbons (Fsp3) is 0.562. The largest absolute Gasteiger partial charge is 0.377 e. The third-order valence-electron chi connectivity index (χ3n) is 3.83. The third kappa shape index (κ3) is 4.80. The lowest BCUT2D eigenvalue weighted by molar-refractivity contribution is -0.122. The van der Waals surface area contributed by atoms with Gasteiger partial charge in [-0.3, -0.25) is 9.69 Å². The first-order valence-corrected chi connectivity index (χ1v) is 8.31. The number of anilines is 1. The van der Waals surface area contributed by atoms with Gasteiger partial charge in [-0.05, 0) is 51.4 Å². The van der Waals surface area contributed by atoms with Crippen molar-refractivity contribution in [2.75, 3.05) is 25.0 Å². The lowest BCUT2D eigenvalue weighted by atomic mass is 10.1. The summed E-state index contributed by atoms with van der Waals surface area (Å²) in [5.74, 6) is 0.0326. The van der Waals surface area contributed by atoms with Gasteiger partial charge in [0.25, 0.3) is 0 Å². The van der Waals surface area contributed by atoms with Crippen molar-refractivity contribution >= 4 is 27.5 Å². The van der Waals surface area contributed by atoms with Crippen LogP contribution in [0.25, 0.3) is 0 Å². The second kappa shape index (κ2) is 7.92. The van der Waals surface area contributed by atoms with Crippen LogP contribution in [0.1, 0.15) is 26.7 Å². The Balaban J connectivity index is 1.92. The summed E-state index contributed by atoms with van der Waals surface area (Å²) in [6.45, 7) is 6.50. The molecule has 2 atom stereocenters. The van der Waals surface area contributed by atoms with E-state index in [4.69, 9.17) is 4.74 Å². The minimum Gasteiger partial charge on any atom is -0.377 e. The van der Waals surface area contributed by atoms with Crippen molar-refractivity contribution in [3.05, 3.63) is 28.7 Å². The van der Waals surface area contributed by atoms with E-state index in [2.05, 4.69) is 26.1 Å². The molecule has 0 saturated carbocycles. The molecule has 21 heavy (non-hydrogen) atoms. The molecule has 2 unspecified atom stereocenters. The minimum absolute atomic E-state index is 0.0326. The van der Waals surface area contributed by atoms with E-state index in [0.717, 1.165) is 42.7 Å². The molecule has 4 nitrogen and oxygen atoms in total. The summed E-state index contributed by atoms with van der Waals surface area (Å²) in [5.41, 5.74) is 0.819. The molecule has 1 N–H and O–H groups in total. The Morgan fingerprint density at radius 1 is 1.57 bits per heavy atom. The molecule has 1 aromatic carbocycles. The number of carbonyl (C=O) groups excluding carboxylic acids is 1. The van der Waals surface area contributed by atoms with Crippen LogP contribution in [0.4, 0.5) is 5.69 Å². The summed E-state index contributed by atoms with van der Waals surface area (Å²) in [6.07, 6.45) is 2.42. The number of benzene rings is 1. The highest BCUT2D eigenvalue weighted by Gasteiger charge is 2.27. The van der Waals surface area contributed by atoms with Crippen LogP contribution in [0.3, 0.4) is 0 Å². The first-order chi connectivity index (χ1) is 10.1. The van der Waals surface area contributed by atoms with E-state index >= 15 is 0 Å². The highest BCUT2D eigenvalue weighted by Crippen LogP contribution is 2.18. The maximum absolute atomic E-state index is 12.4. The Bertz CT molecular complexity index is 479. The maximum atomic E-state index is 12.4. The molecule has 0 aromatic heterocycles. The molecule has 2 rings (SSSR count). The number of ether oxygens (including phenoxy) is 1. The van der Waals surface area contributed by atoms with E-state index in [1.165, 1.54) is 0 Å². The van der Waals surface area contributed by atoms with E-state index in [9.17, 15) is 4.79 Å². The number of hydrogen-bond donors (Lipinski definition) is 1. The van der Waals surface area contributed by atoms with Crippen molar-refractivity contribution < 1.29 is 9.53 Å². The van der Waals surface area contributed by atoms with E-state index < -0.39 is 0 Å². The molecule has 1 saturated heterocycles. The topological polar surface area (TPSA) is 41.6 Å². The van der Waals surface area contributed by atoms with Crippen molar-refractivity contribution in [3.63, 3.8) is 0 Å². The van der Waals surface area contributed by atoms with Crippen molar-refractivity contribution in [1.29, 1.82) is 0 Å². The molecule has 1 heterocycles. The van der Waals surface area contributed by atoms with Gasteiger partial charge in [-0.25, -0.2) is 0 Å². The normalized spacial score (nSPS) is 21.0. The van der Waals surface area contributed by atoms with Gasteiger partial charge < -0.3 is 10.1 Å². The summed E-state index contributed by atoms with van der Waals surface area (Å²) >= 11 is 3.41. The second-order valence-corrected chi connectivity index (χ2v) is 6.31. The number of nitrogens with zero attached hydrogens (tertiary/aromatic N) is 1. The average molecular weight is 355 g/mol. The van der Waals surface area contributed by atoms with E-state index in [1.807, 2.05) is 38.1 Å². The molecule has 1 aliphatic rings. The summed E-state index contributed by atoms with van der Waals surface area (Å²) < 4.78 is 6.66. The zero-order valence-corrected chi connectivity index (χ0v) is 14.2. The monoisotopic (exact) mass is 354 g/mol. The molecule has 1 aromatic rings. The Hall–Kier alpha value is -0.910. The molecule has 1 aliphatic heterocycles. The lowest BCUT2D eigenvalue weighted by Gasteiger charge is -2.35. The first-order valence-electron chi connectivity index (χ1n) is 7.52.